The van der Waals surface area contributed by atoms with Gasteiger partial charge >= 0.3 is 0 Å². The molecule has 0 aliphatic carbocycles. The number of nitrogens with zero attached hydrogens (tertiary/aromatic N) is 3. The number of hydrogen-bond donors (Lipinski definition) is 1. The Kier molecular flexibility index (Phi) is 5.58. The number of nitrogens with two attached hydrogens (primary N) is 1. The summed E-state index contributed by atoms with van der Waals surface area (Å²) in [6.45, 7) is 5.78. The van der Waals surface area contributed by atoms with Crippen molar-refractivity contribution in [1.82, 2.24) is 15.0 Å². The van der Waals surface area contributed by atoms with Crippen molar-refractivity contribution in [2.75, 3.05) is 0 Å². The summed E-state index contributed by atoms with van der Waals surface area (Å²) in [6.07, 6.45) is 0. The highest BCUT2D eigenvalue weighted by atomic mass is 35.5. The molecule has 1 heterocycles. The largest absolute Gasteiger partial charge is 0.338 e. The van der Waals surface area contributed by atoms with Gasteiger partial charge in [0.2, 0.25) is 5.89 Å². The Balaban J connectivity index is 2.09. The van der Waals surface area contributed by atoms with Gasteiger partial charge in [0.15, 0.2) is 5.82 Å². The fourth-order valence-electron chi connectivity index (χ4n) is 1.91. The van der Waals surface area contributed by atoms with Gasteiger partial charge in [-0.3, -0.25) is 4.90 Å². The molecule has 114 valence electrons. The van der Waals surface area contributed by atoms with Gasteiger partial charge in [0.05, 0.1) is 23.1 Å². The van der Waals surface area contributed by atoms with Crippen molar-refractivity contribution >= 4 is 23.2 Å². The second-order valence-electron chi connectivity index (χ2n) is 5.06. The average molecular weight is 329 g/mol. The van der Waals surface area contributed by atoms with E-state index in [0.717, 1.165) is 12.1 Å². The Morgan fingerprint density at radius 1 is 1.24 bits per heavy atom. The van der Waals surface area contributed by atoms with Crippen LogP contribution in [0.2, 0.25) is 10.0 Å². The van der Waals surface area contributed by atoms with Crippen LogP contribution >= 0.6 is 23.2 Å². The molecule has 0 bridgehead atoms. The molecule has 0 fully saturated rings. The Morgan fingerprint density at radius 2 is 2.00 bits per heavy atom. The Hall–Kier alpha value is -1.14. The summed E-state index contributed by atoms with van der Waals surface area (Å²) in [7, 11) is 0. The first-order valence-electron chi connectivity index (χ1n) is 6.69. The van der Waals surface area contributed by atoms with Gasteiger partial charge in [-0.1, -0.05) is 34.4 Å². The number of aromatic nitrogens is 2. The van der Waals surface area contributed by atoms with Gasteiger partial charge in [-0.25, -0.2) is 0 Å². The third-order valence-corrected chi connectivity index (χ3v) is 3.87. The molecule has 2 rings (SSSR count). The number of rotatable bonds is 6. The SMILES string of the molecule is CC(C)N(Cc1ccc(Cl)c(Cl)c1)Cc1noc(CN)n1. The first-order chi connectivity index (χ1) is 9.99. The normalized spacial score (nSPS) is 11.6. The molecular weight excluding hydrogens is 311 g/mol. The highest BCUT2D eigenvalue weighted by molar-refractivity contribution is 6.42. The van der Waals surface area contributed by atoms with Crippen LogP contribution in [-0.2, 0) is 19.6 Å². The second kappa shape index (κ2) is 7.22. The molecular formula is C14H18Cl2N4O. The minimum absolute atomic E-state index is 0.251. The molecule has 1 aromatic heterocycles. The quantitative estimate of drug-likeness (QED) is 0.881. The molecule has 0 aliphatic heterocycles. The number of hydrogen-bond acceptors (Lipinski definition) is 5. The van der Waals surface area contributed by atoms with Crippen LogP contribution in [0.3, 0.4) is 0 Å². The Labute approximate surface area is 134 Å². The van der Waals surface area contributed by atoms with Gasteiger partial charge in [0.25, 0.3) is 0 Å². The molecule has 0 radical (unpaired) electrons. The number of benzene rings is 1. The van der Waals surface area contributed by atoms with Gasteiger partial charge in [0, 0.05) is 12.6 Å². The van der Waals surface area contributed by atoms with E-state index in [-0.39, 0.29) is 6.54 Å². The molecule has 7 heteroatoms. The molecule has 2 N–H and O–H groups in total. The Bertz CT molecular complexity index is 600. The lowest BCUT2D eigenvalue weighted by Crippen LogP contribution is -2.30. The molecule has 2 aromatic rings. The van der Waals surface area contributed by atoms with Crippen molar-refractivity contribution < 1.29 is 4.52 Å². The molecule has 0 atom stereocenters. The zero-order valence-electron chi connectivity index (χ0n) is 12.0. The summed E-state index contributed by atoms with van der Waals surface area (Å²) in [5.74, 6) is 1.08. The topological polar surface area (TPSA) is 68.2 Å². The van der Waals surface area contributed by atoms with E-state index >= 15 is 0 Å². The van der Waals surface area contributed by atoms with Crippen molar-refractivity contribution in [3.63, 3.8) is 0 Å². The van der Waals surface area contributed by atoms with Crippen molar-refractivity contribution in [1.29, 1.82) is 0 Å². The van der Waals surface area contributed by atoms with Crippen LogP contribution in [0.15, 0.2) is 22.7 Å². The maximum Gasteiger partial charge on any atom is 0.240 e. The summed E-state index contributed by atoms with van der Waals surface area (Å²) in [5, 5.41) is 5.04. The van der Waals surface area contributed by atoms with E-state index in [4.69, 9.17) is 33.5 Å². The lowest BCUT2D eigenvalue weighted by molar-refractivity contribution is 0.196. The van der Waals surface area contributed by atoms with E-state index < -0.39 is 0 Å². The average Bonchev–Trinajstić information content (AvgIpc) is 2.90. The van der Waals surface area contributed by atoms with Gasteiger partial charge in [-0.05, 0) is 31.5 Å². The fraction of sp³-hybridized carbons (Fsp3) is 0.429. The lowest BCUT2D eigenvalue weighted by Gasteiger charge is -2.25. The summed E-state index contributed by atoms with van der Waals surface area (Å²) < 4.78 is 5.03. The molecule has 21 heavy (non-hydrogen) atoms. The van der Waals surface area contributed by atoms with Crippen molar-refractivity contribution in [2.45, 2.75) is 39.5 Å². The summed E-state index contributed by atoms with van der Waals surface area (Å²) >= 11 is 12.0. The minimum atomic E-state index is 0.251. The van der Waals surface area contributed by atoms with E-state index in [9.17, 15) is 0 Å². The highest BCUT2D eigenvalue weighted by Gasteiger charge is 2.15. The van der Waals surface area contributed by atoms with E-state index in [0.29, 0.717) is 34.3 Å². The smallest absolute Gasteiger partial charge is 0.240 e. The van der Waals surface area contributed by atoms with Gasteiger partial charge in [-0.2, -0.15) is 4.98 Å². The third-order valence-electron chi connectivity index (χ3n) is 3.13. The zero-order valence-corrected chi connectivity index (χ0v) is 13.5. The first-order valence-corrected chi connectivity index (χ1v) is 7.44. The van der Waals surface area contributed by atoms with Crippen LogP contribution in [0, 0.1) is 0 Å². The molecule has 0 amide bonds. The number of halogens is 2. The van der Waals surface area contributed by atoms with Crippen molar-refractivity contribution in [2.24, 2.45) is 5.73 Å². The maximum absolute atomic E-state index is 6.06. The molecule has 5 nitrogen and oxygen atoms in total. The van der Waals surface area contributed by atoms with Crippen LogP contribution in [0.5, 0.6) is 0 Å². The predicted molar refractivity (Wildman–Crippen MR) is 83.0 cm³/mol. The van der Waals surface area contributed by atoms with Gasteiger partial charge in [0.1, 0.15) is 0 Å². The molecule has 0 spiro atoms. The predicted octanol–water partition coefficient (Wildman–Crippen LogP) is 3.25. The third kappa shape index (κ3) is 4.41. The second-order valence-corrected chi connectivity index (χ2v) is 5.87. The summed E-state index contributed by atoms with van der Waals surface area (Å²) in [4.78, 5) is 6.45. The first kappa shape index (κ1) is 16.2. The van der Waals surface area contributed by atoms with Crippen molar-refractivity contribution in [3.8, 4) is 0 Å². The monoisotopic (exact) mass is 328 g/mol. The molecule has 0 saturated heterocycles. The lowest BCUT2D eigenvalue weighted by atomic mass is 10.2. The van der Waals surface area contributed by atoms with Gasteiger partial charge < -0.3 is 10.3 Å². The van der Waals surface area contributed by atoms with E-state index in [1.54, 1.807) is 6.07 Å². The highest BCUT2D eigenvalue weighted by Crippen LogP contribution is 2.24. The van der Waals surface area contributed by atoms with Crippen LogP contribution in [-0.4, -0.2) is 21.1 Å². The molecule has 1 aromatic carbocycles. The Morgan fingerprint density at radius 3 is 2.57 bits per heavy atom. The van der Waals surface area contributed by atoms with Crippen LogP contribution in [0.1, 0.15) is 31.1 Å². The van der Waals surface area contributed by atoms with Crippen LogP contribution in [0.25, 0.3) is 0 Å². The zero-order chi connectivity index (χ0) is 15.4. The minimum Gasteiger partial charge on any atom is -0.338 e. The molecule has 0 unspecified atom stereocenters. The van der Waals surface area contributed by atoms with Crippen LogP contribution < -0.4 is 5.73 Å². The maximum atomic E-state index is 6.06. The van der Waals surface area contributed by atoms with E-state index in [2.05, 4.69) is 28.9 Å². The summed E-state index contributed by atoms with van der Waals surface area (Å²) in [5.41, 5.74) is 6.56. The van der Waals surface area contributed by atoms with E-state index in [1.807, 2.05) is 12.1 Å². The summed E-state index contributed by atoms with van der Waals surface area (Å²) in [6, 6.07) is 5.96. The van der Waals surface area contributed by atoms with E-state index in [1.165, 1.54) is 0 Å². The standard InChI is InChI=1S/C14H18Cl2N4O/c1-9(2)20(8-13-18-14(6-17)21-19-13)7-10-3-4-11(15)12(16)5-10/h3-5,9H,6-8,17H2,1-2H3. The fourth-order valence-corrected chi connectivity index (χ4v) is 2.23. The van der Waals surface area contributed by atoms with Crippen LogP contribution in [0.4, 0.5) is 0 Å². The van der Waals surface area contributed by atoms with Crippen molar-refractivity contribution in [3.05, 3.63) is 45.5 Å². The molecule has 0 saturated carbocycles. The van der Waals surface area contributed by atoms with Gasteiger partial charge in [-0.15, -0.1) is 0 Å². The molecule has 0 aliphatic rings.